The number of ether oxygens (including phenoxy) is 1. The second-order valence-electron chi connectivity index (χ2n) is 7.76. The van der Waals surface area contributed by atoms with E-state index in [0.717, 1.165) is 61.8 Å². The first-order chi connectivity index (χ1) is 14.4. The minimum absolute atomic E-state index is 0.0182. The lowest BCUT2D eigenvalue weighted by atomic mass is 9.98. The topological polar surface area (TPSA) is 43.9 Å². The molecule has 160 valence electrons. The highest BCUT2D eigenvalue weighted by Gasteiger charge is 2.23. The summed E-state index contributed by atoms with van der Waals surface area (Å²) in [5, 5.41) is 0.894. The molecule has 1 heterocycles. The molecular formula is C24H28I2NO3+. The Morgan fingerprint density at radius 2 is 1.80 bits per heavy atom. The SMILES string of the molecule is CCCCc1oc2ccccc2c1C(=O)c1cc(I)c(OCCC[NH+](C)C)c(I)c1. The van der Waals surface area contributed by atoms with Crippen molar-refractivity contribution in [2.75, 3.05) is 27.2 Å². The Labute approximate surface area is 205 Å². The number of para-hydroxylation sites is 1. The lowest BCUT2D eigenvalue weighted by Crippen LogP contribution is -3.05. The van der Waals surface area contributed by atoms with Gasteiger partial charge in [-0.05, 0) is 69.8 Å². The van der Waals surface area contributed by atoms with Crippen LogP contribution in [-0.4, -0.2) is 33.0 Å². The molecule has 1 aromatic heterocycles. The molecule has 0 amide bonds. The first-order valence-corrected chi connectivity index (χ1v) is 12.5. The maximum absolute atomic E-state index is 13.5. The molecule has 0 aliphatic heterocycles. The van der Waals surface area contributed by atoms with Crippen LogP contribution < -0.4 is 9.64 Å². The molecule has 2 aromatic carbocycles. The molecule has 3 aromatic rings. The number of hydrogen-bond donors (Lipinski definition) is 1. The zero-order valence-corrected chi connectivity index (χ0v) is 22.0. The van der Waals surface area contributed by atoms with Gasteiger partial charge < -0.3 is 14.1 Å². The van der Waals surface area contributed by atoms with Gasteiger partial charge in [-0.1, -0.05) is 31.5 Å². The molecule has 30 heavy (non-hydrogen) atoms. The van der Waals surface area contributed by atoms with Crippen molar-refractivity contribution in [3.05, 3.63) is 60.4 Å². The van der Waals surface area contributed by atoms with Crippen molar-refractivity contribution in [2.45, 2.75) is 32.6 Å². The van der Waals surface area contributed by atoms with E-state index in [2.05, 4.69) is 66.2 Å². The quantitative estimate of drug-likeness (QED) is 0.192. The van der Waals surface area contributed by atoms with Crippen molar-refractivity contribution in [1.29, 1.82) is 0 Å². The van der Waals surface area contributed by atoms with Crippen LogP contribution in [0.2, 0.25) is 0 Å². The van der Waals surface area contributed by atoms with Crippen LogP contribution in [-0.2, 0) is 6.42 Å². The molecule has 0 saturated carbocycles. The Morgan fingerprint density at radius 1 is 1.10 bits per heavy atom. The number of furan rings is 1. The summed E-state index contributed by atoms with van der Waals surface area (Å²) in [7, 11) is 4.28. The maximum Gasteiger partial charge on any atom is 0.197 e. The smallest absolute Gasteiger partial charge is 0.197 e. The molecule has 1 N–H and O–H groups in total. The zero-order valence-electron chi connectivity index (χ0n) is 17.7. The van der Waals surface area contributed by atoms with Gasteiger partial charge in [-0.15, -0.1) is 0 Å². The van der Waals surface area contributed by atoms with Gasteiger partial charge in [0.25, 0.3) is 0 Å². The Bertz CT molecular complexity index is 1000. The van der Waals surface area contributed by atoms with Crippen LogP contribution >= 0.6 is 45.2 Å². The molecule has 3 rings (SSSR count). The van der Waals surface area contributed by atoms with Gasteiger partial charge in [0.2, 0.25) is 0 Å². The maximum atomic E-state index is 13.5. The molecule has 0 aliphatic rings. The van der Waals surface area contributed by atoms with E-state index in [0.29, 0.717) is 17.7 Å². The fourth-order valence-corrected chi connectivity index (χ4v) is 5.51. The van der Waals surface area contributed by atoms with Crippen LogP contribution in [0.4, 0.5) is 0 Å². The Balaban J connectivity index is 1.90. The number of ketones is 1. The third-order valence-corrected chi connectivity index (χ3v) is 6.58. The summed E-state index contributed by atoms with van der Waals surface area (Å²) in [4.78, 5) is 15.0. The van der Waals surface area contributed by atoms with Crippen LogP contribution in [0.5, 0.6) is 5.75 Å². The molecule has 0 spiro atoms. The van der Waals surface area contributed by atoms with E-state index in [1.54, 1.807) is 0 Å². The van der Waals surface area contributed by atoms with E-state index in [1.807, 2.05) is 36.4 Å². The molecule has 0 atom stereocenters. The van der Waals surface area contributed by atoms with Crippen molar-refractivity contribution in [1.82, 2.24) is 0 Å². The van der Waals surface area contributed by atoms with E-state index in [4.69, 9.17) is 9.15 Å². The van der Waals surface area contributed by atoms with E-state index in [9.17, 15) is 4.79 Å². The normalized spacial score (nSPS) is 11.4. The second-order valence-corrected chi connectivity index (χ2v) is 10.1. The van der Waals surface area contributed by atoms with Crippen LogP contribution in [0.15, 0.2) is 40.8 Å². The molecule has 0 saturated heterocycles. The molecule has 0 unspecified atom stereocenters. The number of aryl methyl sites for hydroxylation is 1. The third kappa shape index (κ3) is 5.56. The van der Waals surface area contributed by atoms with Crippen LogP contribution in [0, 0.1) is 7.14 Å². The van der Waals surface area contributed by atoms with E-state index < -0.39 is 0 Å². The summed E-state index contributed by atoms with van der Waals surface area (Å²) in [6.45, 7) is 3.89. The summed E-state index contributed by atoms with van der Waals surface area (Å²) in [5.41, 5.74) is 2.16. The van der Waals surface area contributed by atoms with Gasteiger partial charge in [-0.2, -0.15) is 0 Å². The highest BCUT2D eigenvalue weighted by Crippen LogP contribution is 2.33. The third-order valence-electron chi connectivity index (χ3n) is 4.98. The Hall–Kier alpha value is -1.13. The van der Waals surface area contributed by atoms with Gasteiger partial charge in [0.1, 0.15) is 17.1 Å². The molecule has 6 heteroatoms. The number of unbranched alkanes of at least 4 members (excludes halogenated alkanes) is 1. The van der Waals surface area contributed by atoms with Crippen molar-refractivity contribution in [3.63, 3.8) is 0 Å². The standard InChI is InChI=1S/C24H27I2NO3/c1-4-5-10-21-22(17-9-6-7-11-20(17)30-21)23(28)16-14-18(25)24(19(26)15-16)29-13-8-12-27(2)3/h6-7,9,11,14-15H,4-5,8,10,12-13H2,1-3H3/p+1. The molecule has 0 bridgehead atoms. The number of benzene rings is 2. The highest BCUT2D eigenvalue weighted by atomic mass is 127. The van der Waals surface area contributed by atoms with Gasteiger partial charge >= 0.3 is 0 Å². The van der Waals surface area contributed by atoms with Crippen molar-refractivity contribution in [3.8, 4) is 5.75 Å². The fraction of sp³-hybridized carbons (Fsp3) is 0.375. The van der Waals surface area contributed by atoms with E-state index in [1.165, 1.54) is 4.90 Å². The predicted octanol–water partition coefficient (Wildman–Crippen LogP) is 5.13. The van der Waals surface area contributed by atoms with Gasteiger partial charge in [-0.3, -0.25) is 4.79 Å². The summed E-state index contributed by atoms with van der Waals surface area (Å²) in [6.07, 6.45) is 3.82. The molecule has 0 aliphatic carbocycles. The van der Waals surface area contributed by atoms with Crippen LogP contribution in [0.3, 0.4) is 0 Å². The second kappa shape index (κ2) is 10.9. The number of hydrogen-bond acceptors (Lipinski definition) is 3. The van der Waals surface area contributed by atoms with E-state index in [-0.39, 0.29) is 5.78 Å². The van der Waals surface area contributed by atoms with Crippen molar-refractivity contribution in [2.24, 2.45) is 0 Å². The van der Waals surface area contributed by atoms with Gasteiger partial charge in [0.05, 0.1) is 40.0 Å². The Kier molecular flexibility index (Phi) is 8.59. The largest absolute Gasteiger partial charge is 0.491 e. The lowest BCUT2D eigenvalue weighted by molar-refractivity contribution is -0.858. The zero-order chi connectivity index (χ0) is 21.7. The lowest BCUT2D eigenvalue weighted by Gasteiger charge is -2.13. The monoisotopic (exact) mass is 632 g/mol. The van der Waals surface area contributed by atoms with Crippen LogP contribution in [0.25, 0.3) is 11.0 Å². The number of nitrogens with one attached hydrogen (secondary N) is 1. The average molecular weight is 632 g/mol. The minimum atomic E-state index is 0.0182. The summed E-state index contributed by atoms with van der Waals surface area (Å²) < 4.78 is 14.0. The fourth-order valence-electron chi connectivity index (χ4n) is 3.43. The van der Waals surface area contributed by atoms with Crippen molar-refractivity contribution >= 4 is 61.9 Å². The number of halogens is 2. The van der Waals surface area contributed by atoms with E-state index >= 15 is 0 Å². The average Bonchev–Trinajstić information content (AvgIpc) is 3.08. The number of quaternary nitrogens is 1. The van der Waals surface area contributed by atoms with Crippen LogP contribution in [0.1, 0.15) is 47.9 Å². The number of carbonyl (C=O) groups is 1. The van der Waals surface area contributed by atoms with Crippen molar-refractivity contribution < 1.29 is 18.8 Å². The summed E-state index contributed by atoms with van der Waals surface area (Å²) in [5.74, 6) is 1.67. The first-order valence-electron chi connectivity index (χ1n) is 10.4. The number of fused-ring (bicyclic) bond motifs is 1. The molecule has 0 radical (unpaired) electrons. The van der Waals surface area contributed by atoms with Gasteiger partial charge in [-0.25, -0.2) is 0 Å². The highest BCUT2D eigenvalue weighted by molar-refractivity contribution is 14.1. The van der Waals surface area contributed by atoms with Gasteiger partial charge in [0, 0.05) is 23.8 Å². The minimum Gasteiger partial charge on any atom is -0.491 e. The van der Waals surface area contributed by atoms with Gasteiger partial charge in [0.15, 0.2) is 5.78 Å². The molecule has 0 fully saturated rings. The predicted molar refractivity (Wildman–Crippen MR) is 138 cm³/mol. The first kappa shape index (κ1) is 23.5. The number of carbonyl (C=O) groups excluding carboxylic acids is 1. The summed E-state index contributed by atoms with van der Waals surface area (Å²) >= 11 is 4.53. The molecular weight excluding hydrogens is 604 g/mol. The molecule has 4 nitrogen and oxygen atoms in total. The summed E-state index contributed by atoms with van der Waals surface area (Å²) in [6, 6.07) is 11.7. The number of rotatable bonds is 10. The Morgan fingerprint density at radius 3 is 2.47 bits per heavy atom.